The summed E-state index contributed by atoms with van der Waals surface area (Å²) < 4.78 is 8.89. The Morgan fingerprint density at radius 2 is 1.53 bits per heavy atom. The van der Waals surface area contributed by atoms with E-state index in [0.29, 0.717) is 27.2 Å². The van der Waals surface area contributed by atoms with Gasteiger partial charge < -0.3 is 14.8 Å². The first-order valence-electron chi connectivity index (χ1n) is 4.12. The average Bonchev–Trinajstić information content (AvgIpc) is 2.20. The molecule has 5 heteroatoms. The molecule has 0 radical (unpaired) electrons. The second-order valence-corrected chi connectivity index (χ2v) is 4.20. The highest BCUT2D eigenvalue weighted by molar-refractivity contribution is 7.93. The van der Waals surface area contributed by atoms with Gasteiger partial charge in [0.15, 0.2) is 0 Å². The van der Waals surface area contributed by atoms with Crippen LogP contribution in [0.5, 0.6) is 11.5 Å². The van der Waals surface area contributed by atoms with Crippen LogP contribution in [-0.4, -0.2) is 14.8 Å². The Morgan fingerprint density at radius 3 is 2.20 bits per heavy atom. The molecule has 0 saturated heterocycles. The van der Waals surface area contributed by atoms with Gasteiger partial charge >= 0.3 is 0 Å². The van der Waals surface area contributed by atoms with Crippen molar-refractivity contribution in [2.45, 2.75) is 9.79 Å². The minimum absolute atomic E-state index is 0.0127. The Labute approximate surface area is 96.0 Å². The second kappa shape index (κ2) is 3.84. The van der Waals surface area contributed by atoms with E-state index in [9.17, 15) is 10.2 Å². The van der Waals surface area contributed by atoms with Crippen LogP contribution in [-0.2, 0) is 0 Å². The third-order valence-electron chi connectivity index (χ3n) is 2.11. The number of phenols is 2. The quantitative estimate of drug-likeness (QED) is 0.457. The molecule has 0 amide bonds. The Bertz CT molecular complexity index is 526. The average molecular weight is 240 g/mol. The molecule has 0 bridgehead atoms. The topological polar surface area (TPSA) is 60.7 Å². The van der Waals surface area contributed by atoms with Gasteiger partial charge in [-0.1, -0.05) is 0 Å². The second-order valence-electron chi connectivity index (χ2n) is 3.10. The van der Waals surface area contributed by atoms with E-state index in [2.05, 4.69) is 12.6 Å². The molecule has 15 heavy (non-hydrogen) atoms. The molecule has 0 fully saturated rings. The summed E-state index contributed by atoms with van der Waals surface area (Å²) in [5.74, 6) is 0.0518. The van der Waals surface area contributed by atoms with Gasteiger partial charge in [0.1, 0.15) is 11.5 Å². The molecule has 0 atom stereocenters. The summed E-state index contributed by atoms with van der Waals surface area (Å²) in [6.45, 7) is 0. The molecule has 78 valence electrons. The first kappa shape index (κ1) is 10.5. The van der Waals surface area contributed by atoms with Crippen molar-refractivity contribution in [2.75, 3.05) is 0 Å². The van der Waals surface area contributed by atoms with Crippen LogP contribution in [0, 0.1) is 0 Å². The molecule has 2 aromatic carbocycles. The summed E-state index contributed by atoms with van der Waals surface area (Å²) in [6.07, 6.45) is 0. The van der Waals surface area contributed by atoms with Crippen LogP contribution in [0.25, 0.3) is 10.8 Å². The summed E-state index contributed by atoms with van der Waals surface area (Å²) in [7, 11) is 0. The monoisotopic (exact) mass is 240 g/mol. The van der Waals surface area contributed by atoms with Gasteiger partial charge in [-0.25, -0.2) is 0 Å². The molecule has 0 heterocycles. The minimum Gasteiger partial charge on any atom is -0.507 e. The first-order valence-corrected chi connectivity index (χ1v) is 5.34. The van der Waals surface area contributed by atoms with Gasteiger partial charge in [0.2, 0.25) is 0 Å². The molecule has 0 unspecified atom stereocenters. The van der Waals surface area contributed by atoms with E-state index in [4.69, 9.17) is 4.55 Å². The van der Waals surface area contributed by atoms with E-state index in [0.717, 1.165) is 5.39 Å². The number of benzene rings is 2. The predicted molar refractivity (Wildman–Crippen MR) is 63.0 cm³/mol. The number of thiol groups is 1. The fourth-order valence-electron chi connectivity index (χ4n) is 1.37. The zero-order valence-electron chi connectivity index (χ0n) is 7.51. The van der Waals surface area contributed by atoms with E-state index >= 15 is 0 Å². The van der Waals surface area contributed by atoms with E-state index in [-0.39, 0.29) is 11.5 Å². The first-order chi connectivity index (χ1) is 7.11. The van der Waals surface area contributed by atoms with Crippen molar-refractivity contribution in [3.8, 4) is 11.5 Å². The van der Waals surface area contributed by atoms with Gasteiger partial charge in [0, 0.05) is 16.9 Å². The van der Waals surface area contributed by atoms with E-state index in [1.54, 1.807) is 12.1 Å². The molecule has 2 rings (SSSR count). The molecular formula is C10H8O3S2. The minimum atomic E-state index is -0.0127. The van der Waals surface area contributed by atoms with E-state index in [1.165, 1.54) is 12.1 Å². The molecule has 0 saturated carbocycles. The summed E-state index contributed by atoms with van der Waals surface area (Å²) in [5.41, 5.74) is 0. The summed E-state index contributed by atoms with van der Waals surface area (Å²) >= 11 is 4.56. The summed E-state index contributed by atoms with van der Waals surface area (Å²) in [5, 5.41) is 20.4. The van der Waals surface area contributed by atoms with Gasteiger partial charge in [-0.05, 0) is 35.0 Å². The van der Waals surface area contributed by atoms with Crippen LogP contribution >= 0.6 is 24.7 Å². The van der Waals surface area contributed by atoms with Crippen molar-refractivity contribution >= 4 is 35.4 Å². The molecule has 0 aliphatic carbocycles. The molecule has 0 aliphatic heterocycles. The maximum Gasteiger partial charge on any atom is 0.132 e. The largest absolute Gasteiger partial charge is 0.507 e. The van der Waals surface area contributed by atoms with E-state index < -0.39 is 0 Å². The van der Waals surface area contributed by atoms with Crippen molar-refractivity contribution in [3.63, 3.8) is 0 Å². The standard InChI is InChI=1S/C10H8O3S2/c11-7-1-5-2-8(12)10(15-13)4-6(5)3-9(7)14/h1-4,11-14H. The molecule has 2 aromatic rings. The van der Waals surface area contributed by atoms with Gasteiger partial charge in [0.05, 0.1) is 4.90 Å². The highest BCUT2D eigenvalue weighted by Crippen LogP contribution is 2.34. The fraction of sp³-hybridized carbons (Fsp3) is 0. The van der Waals surface area contributed by atoms with E-state index in [1.807, 2.05) is 0 Å². The molecule has 0 aromatic heterocycles. The molecule has 3 nitrogen and oxygen atoms in total. The zero-order chi connectivity index (χ0) is 11.0. The third-order valence-corrected chi connectivity index (χ3v) is 2.99. The van der Waals surface area contributed by atoms with Crippen LogP contribution in [0.15, 0.2) is 34.1 Å². The Balaban J connectivity index is 2.76. The number of fused-ring (bicyclic) bond motifs is 1. The lowest BCUT2D eigenvalue weighted by Gasteiger charge is -2.05. The van der Waals surface area contributed by atoms with Crippen LogP contribution in [0.2, 0.25) is 0 Å². The fourth-order valence-corrected chi connectivity index (χ4v) is 1.90. The van der Waals surface area contributed by atoms with Gasteiger partial charge in [-0.15, -0.1) is 12.6 Å². The number of hydrogen-bond donors (Lipinski definition) is 4. The maximum atomic E-state index is 9.49. The predicted octanol–water partition coefficient (Wildman–Crippen LogP) is 3.10. The van der Waals surface area contributed by atoms with Gasteiger partial charge in [-0.3, -0.25) is 0 Å². The highest BCUT2D eigenvalue weighted by Gasteiger charge is 2.06. The smallest absolute Gasteiger partial charge is 0.132 e. The lowest BCUT2D eigenvalue weighted by molar-refractivity contribution is 0.460. The van der Waals surface area contributed by atoms with Crippen molar-refractivity contribution in [1.82, 2.24) is 0 Å². The Hall–Kier alpha value is -1.04. The van der Waals surface area contributed by atoms with Crippen LogP contribution in [0.1, 0.15) is 0 Å². The Morgan fingerprint density at radius 1 is 0.933 bits per heavy atom. The number of hydrogen-bond acceptors (Lipinski definition) is 5. The molecule has 3 N–H and O–H groups in total. The lowest BCUT2D eigenvalue weighted by Crippen LogP contribution is -1.78. The van der Waals surface area contributed by atoms with Crippen molar-refractivity contribution < 1.29 is 14.8 Å². The molecule has 0 aliphatic rings. The molecule has 0 spiro atoms. The van der Waals surface area contributed by atoms with Crippen LogP contribution < -0.4 is 0 Å². The number of rotatable bonds is 1. The number of aromatic hydroxyl groups is 2. The van der Waals surface area contributed by atoms with Crippen molar-refractivity contribution in [2.24, 2.45) is 0 Å². The van der Waals surface area contributed by atoms with Crippen molar-refractivity contribution in [3.05, 3.63) is 24.3 Å². The zero-order valence-corrected chi connectivity index (χ0v) is 9.22. The summed E-state index contributed by atoms with van der Waals surface area (Å²) in [4.78, 5) is 0.836. The van der Waals surface area contributed by atoms with Gasteiger partial charge in [-0.2, -0.15) is 0 Å². The van der Waals surface area contributed by atoms with Crippen molar-refractivity contribution in [1.29, 1.82) is 0 Å². The maximum absolute atomic E-state index is 9.49. The highest BCUT2D eigenvalue weighted by atomic mass is 32.2. The SMILES string of the molecule is OSc1cc2cc(S)c(O)cc2cc1O. The molecular weight excluding hydrogens is 232 g/mol. The lowest BCUT2D eigenvalue weighted by atomic mass is 10.1. The van der Waals surface area contributed by atoms with Gasteiger partial charge in [0.25, 0.3) is 0 Å². The Kier molecular flexibility index (Phi) is 2.68. The van der Waals surface area contributed by atoms with Crippen LogP contribution in [0.3, 0.4) is 0 Å². The summed E-state index contributed by atoms with van der Waals surface area (Å²) in [6, 6.07) is 6.31. The normalized spacial score (nSPS) is 10.8. The van der Waals surface area contributed by atoms with Crippen LogP contribution in [0.4, 0.5) is 0 Å². The number of phenolic OH excluding ortho intramolecular Hbond substituents is 2. The third kappa shape index (κ3) is 1.86.